The number of likely N-dealkylation sites (N-methyl/N-ethyl adjacent to an activating group) is 1. The van der Waals surface area contributed by atoms with Crippen LogP contribution in [0.4, 0.5) is 24.5 Å². The van der Waals surface area contributed by atoms with Crippen LogP contribution in [0.25, 0.3) is 11.1 Å². The van der Waals surface area contributed by atoms with Gasteiger partial charge in [0.25, 0.3) is 5.91 Å². The first kappa shape index (κ1) is 25.1. The number of allylic oxidation sites excluding steroid dienone is 3. The number of nitrogens with zero attached hydrogens (tertiary/aromatic N) is 3. The van der Waals surface area contributed by atoms with Gasteiger partial charge in [-0.05, 0) is 97.3 Å². The molecule has 2 aliphatic carbocycles. The SMILES string of the molecule is CCN1C(=O)C2(CCc3ccc(-c4ccncc4)cc32)C(=O)N(C2=CCCC=C2)c2cc(C(F)(F)F)ccc21. The summed E-state index contributed by atoms with van der Waals surface area (Å²) >= 11 is 0. The maximum atomic E-state index is 14.8. The van der Waals surface area contributed by atoms with Crippen molar-refractivity contribution in [3.63, 3.8) is 0 Å². The number of rotatable bonds is 3. The molecule has 1 aromatic heterocycles. The third kappa shape index (κ3) is 3.88. The lowest BCUT2D eigenvalue weighted by molar-refractivity contribution is -0.138. The molecule has 0 saturated heterocycles. The molecule has 2 heterocycles. The number of benzene rings is 2. The Hall–Kier alpha value is -4.20. The van der Waals surface area contributed by atoms with Crippen molar-refractivity contribution in [3.8, 4) is 11.1 Å². The zero-order valence-corrected chi connectivity index (χ0v) is 21.3. The number of pyridine rings is 1. The average Bonchev–Trinajstić information content (AvgIpc) is 3.31. The lowest BCUT2D eigenvalue weighted by Crippen LogP contribution is -2.53. The van der Waals surface area contributed by atoms with Gasteiger partial charge in [-0.3, -0.25) is 19.5 Å². The molecule has 1 spiro atoms. The molecule has 1 unspecified atom stereocenters. The van der Waals surface area contributed by atoms with Gasteiger partial charge in [-0.2, -0.15) is 13.2 Å². The first-order chi connectivity index (χ1) is 18.8. The van der Waals surface area contributed by atoms with Crippen molar-refractivity contribution in [2.24, 2.45) is 0 Å². The number of aromatic nitrogens is 1. The summed E-state index contributed by atoms with van der Waals surface area (Å²) in [6, 6.07) is 12.8. The summed E-state index contributed by atoms with van der Waals surface area (Å²) < 4.78 is 41.6. The number of carbonyl (C=O) groups is 2. The van der Waals surface area contributed by atoms with Gasteiger partial charge in [0.15, 0.2) is 5.41 Å². The maximum absolute atomic E-state index is 14.8. The van der Waals surface area contributed by atoms with Crippen molar-refractivity contribution in [1.29, 1.82) is 0 Å². The Kier molecular flexibility index (Phi) is 5.93. The number of halogens is 3. The van der Waals surface area contributed by atoms with Crippen LogP contribution < -0.4 is 9.80 Å². The molecule has 5 nitrogen and oxygen atoms in total. The highest BCUT2D eigenvalue weighted by molar-refractivity contribution is 6.26. The van der Waals surface area contributed by atoms with E-state index in [0.717, 1.165) is 35.2 Å². The molecular weight excluding hydrogens is 503 g/mol. The second kappa shape index (κ2) is 9.22. The monoisotopic (exact) mass is 529 g/mol. The van der Waals surface area contributed by atoms with Gasteiger partial charge in [0, 0.05) is 24.6 Å². The Morgan fingerprint density at radius 1 is 0.923 bits per heavy atom. The molecule has 2 aromatic carbocycles. The number of anilines is 2. The third-order valence-electron chi connectivity index (χ3n) is 7.92. The zero-order valence-electron chi connectivity index (χ0n) is 21.3. The summed E-state index contributed by atoms with van der Waals surface area (Å²) in [5.74, 6) is -0.933. The van der Waals surface area contributed by atoms with E-state index in [2.05, 4.69) is 4.98 Å². The lowest BCUT2D eigenvalue weighted by Gasteiger charge is -2.33. The van der Waals surface area contributed by atoms with E-state index < -0.39 is 29.0 Å². The van der Waals surface area contributed by atoms with Crippen molar-refractivity contribution < 1.29 is 22.8 Å². The van der Waals surface area contributed by atoms with E-state index in [4.69, 9.17) is 0 Å². The fourth-order valence-corrected chi connectivity index (χ4v) is 5.99. The summed E-state index contributed by atoms with van der Waals surface area (Å²) in [5.41, 5.74) is 1.63. The molecule has 198 valence electrons. The highest BCUT2D eigenvalue weighted by Gasteiger charge is 2.57. The van der Waals surface area contributed by atoms with Gasteiger partial charge in [-0.1, -0.05) is 24.3 Å². The second-order valence-corrected chi connectivity index (χ2v) is 10.0. The molecular formula is C31H26F3N3O2. The standard InChI is InChI=1S/C31H26F3N3O2/c1-2-36-26-11-10-23(31(32,33)34)19-27(26)37(24-6-4-3-5-7-24)29(39)30(28(36)38)15-12-21-8-9-22(18-25(21)30)20-13-16-35-17-14-20/h4,6-11,13-14,16-19H,2-3,5,12,15H2,1H3. The summed E-state index contributed by atoms with van der Waals surface area (Å²) in [6.45, 7) is 1.98. The van der Waals surface area contributed by atoms with Crippen LogP contribution in [0.5, 0.6) is 0 Å². The minimum Gasteiger partial charge on any atom is -0.309 e. The van der Waals surface area contributed by atoms with Crippen LogP contribution in [0, 0.1) is 0 Å². The van der Waals surface area contributed by atoms with Crippen LogP contribution >= 0.6 is 0 Å². The molecule has 6 rings (SSSR count). The van der Waals surface area contributed by atoms with Crippen LogP contribution in [0.15, 0.2) is 84.8 Å². The first-order valence-electron chi connectivity index (χ1n) is 13.0. The van der Waals surface area contributed by atoms with E-state index in [0.29, 0.717) is 29.8 Å². The van der Waals surface area contributed by atoms with Crippen molar-refractivity contribution in [2.75, 3.05) is 16.3 Å². The normalized spacial score (nSPS) is 20.7. The van der Waals surface area contributed by atoms with E-state index in [1.54, 1.807) is 25.4 Å². The van der Waals surface area contributed by atoms with Gasteiger partial charge in [-0.25, -0.2) is 0 Å². The van der Waals surface area contributed by atoms with Crippen LogP contribution in [-0.4, -0.2) is 23.3 Å². The quantitative estimate of drug-likeness (QED) is 0.360. The first-order valence-corrected chi connectivity index (χ1v) is 13.0. The summed E-state index contributed by atoms with van der Waals surface area (Å²) in [6.07, 6.45) is 6.42. The Balaban J connectivity index is 1.61. The summed E-state index contributed by atoms with van der Waals surface area (Å²) in [7, 11) is 0. The number of fused-ring (bicyclic) bond motifs is 3. The molecule has 8 heteroatoms. The number of aryl methyl sites for hydroxylation is 1. The van der Waals surface area contributed by atoms with Crippen LogP contribution in [0.2, 0.25) is 0 Å². The molecule has 0 bridgehead atoms. The lowest BCUT2D eigenvalue weighted by atomic mass is 9.78. The molecule has 2 amide bonds. The number of hydrogen-bond acceptors (Lipinski definition) is 3. The fourth-order valence-electron chi connectivity index (χ4n) is 5.99. The number of hydrogen-bond donors (Lipinski definition) is 0. The average molecular weight is 530 g/mol. The van der Waals surface area contributed by atoms with Gasteiger partial charge in [-0.15, -0.1) is 0 Å². The largest absolute Gasteiger partial charge is 0.416 e. The van der Waals surface area contributed by atoms with E-state index in [-0.39, 0.29) is 18.7 Å². The van der Waals surface area contributed by atoms with E-state index in [1.165, 1.54) is 15.9 Å². The summed E-state index contributed by atoms with van der Waals surface area (Å²) in [4.78, 5) is 36.2. The minimum atomic E-state index is -4.61. The smallest absolute Gasteiger partial charge is 0.309 e. The predicted octanol–water partition coefficient (Wildman–Crippen LogP) is 6.59. The van der Waals surface area contributed by atoms with E-state index in [1.807, 2.05) is 42.5 Å². The fraction of sp³-hybridized carbons (Fsp3) is 0.258. The second-order valence-electron chi connectivity index (χ2n) is 10.0. The van der Waals surface area contributed by atoms with E-state index >= 15 is 0 Å². The molecule has 3 aromatic rings. The Labute approximate surface area is 224 Å². The Bertz CT molecular complexity index is 1540. The molecule has 3 aliphatic rings. The zero-order chi connectivity index (χ0) is 27.4. The molecule has 1 atom stereocenters. The molecule has 39 heavy (non-hydrogen) atoms. The van der Waals surface area contributed by atoms with Crippen LogP contribution in [0.3, 0.4) is 0 Å². The van der Waals surface area contributed by atoms with E-state index in [9.17, 15) is 22.8 Å². The van der Waals surface area contributed by atoms with Gasteiger partial charge < -0.3 is 4.90 Å². The molecule has 1 aliphatic heterocycles. The molecule has 0 radical (unpaired) electrons. The Morgan fingerprint density at radius 2 is 1.72 bits per heavy atom. The van der Waals surface area contributed by atoms with Crippen molar-refractivity contribution in [2.45, 2.75) is 44.2 Å². The minimum absolute atomic E-state index is 0.0680. The molecule has 0 saturated carbocycles. The maximum Gasteiger partial charge on any atom is 0.416 e. The third-order valence-corrected chi connectivity index (χ3v) is 7.92. The van der Waals surface area contributed by atoms with Crippen molar-refractivity contribution in [1.82, 2.24) is 4.98 Å². The highest BCUT2D eigenvalue weighted by atomic mass is 19.4. The van der Waals surface area contributed by atoms with Gasteiger partial charge in [0.05, 0.1) is 16.9 Å². The number of amides is 2. The highest BCUT2D eigenvalue weighted by Crippen LogP contribution is 2.50. The van der Waals surface area contributed by atoms with Gasteiger partial charge in [0.2, 0.25) is 5.91 Å². The number of alkyl halides is 3. The van der Waals surface area contributed by atoms with Crippen molar-refractivity contribution in [3.05, 3.63) is 102 Å². The molecule has 0 N–H and O–H groups in total. The Morgan fingerprint density at radius 3 is 2.41 bits per heavy atom. The van der Waals surface area contributed by atoms with Crippen LogP contribution in [0.1, 0.15) is 42.9 Å². The number of carbonyl (C=O) groups excluding carboxylic acids is 2. The molecule has 0 fully saturated rings. The van der Waals surface area contributed by atoms with Gasteiger partial charge in [0.1, 0.15) is 0 Å². The van der Waals surface area contributed by atoms with Crippen LogP contribution in [-0.2, 0) is 27.6 Å². The van der Waals surface area contributed by atoms with Crippen molar-refractivity contribution >= 4 is 23.2 Å². The topological polar surface area (TPSA) is 53.5 Å². The van der Waals surface area contributed by atoms with Gasteiger partial charge >= 0.3 is 6.18 Å². The predicted molar refractivity (Wildman–Crippen MR) is 143 cm³/mol. The summed E-state index contributed by atoms with van der Waals surface area (Å²) in [5, 5.41) is 0.